The smallest absolute Gasteiger partial charge is 0.186 e. The van der Waals surface area contributed by atoms with Crippen LogP contribution in [-0.4, -0.2) is 20.7 Å². The Bertz CT molecular complexity index is 861. The minimum absolute atomic E-state index is 0.253. The maximum absolute atomic E-state index is 12.6. The van der Waals surface area contributed by atoms with Crippen molar-refractivity contribution in [3.05, 3.63) is 71.8 Å². The van der Waals surface area contributed by atoms with E-state index in [2.05, 4.69) is 21.0 Å². The normalized spacial score (nSPS) is 11.7. The van der Waals surface area contributed by atoms with Gasteiger partial charge in [-0.1, -0.05) is 30.3 Å². The van der Waals surface area contributed by atoms with Gasteiger partial charge in [-0.25, -0.2) is 4.98 Å². The maximum atomic E-state index is 12.6. The van der Waals surface area contributed by atoms with Crippen LogP contribution < -0.4 is 0 Å². The molecule has 1 unspecified atom stereocenters. The number of aryl methyl sites for hydroxylation is 1. The summed E-state index contributed by atoms with van der Waals surface area (Å²) in [5, 5.41) is 9.38. The highest BCUT2D eigenvalue weighted by atomic mass is 16.1. The Morgan fingerprint density at radius 1 is 1.22 bits per heavy atom. The molecule has 0 aliphatic rings. The summed E-state index contributed by atoms with van der Waals surface area (Å²) in [6.07, 6.45) is 3.41. The van der Waals surface area contributed by atoms with Crippen molar-refractivity contribution in [2.75, 3.05) is 0 Å². The summed E-state index contributed by atoms with van der Waals surface area (Å²) in [5.74, 6) is -0.415. The zero-order valence-corrected chi connectivity index (χ0v) is 12.5. The molecule has 0 bridgehead atoms. The molecular weight excluding hydrogens is 288 g/mol. The molecular formula is C18H14N4O. The van der Waals surface area contributed by atoms with Crippen molar-refractivity contribution < 1.29 is 4.79 Å². The Hall–Kier alpha value is -3.26. The second kappa shape index (κ2) is 6.24. The number of nitrogens with one attached hydrogen (secondary N) is 1. The van der Waals surface area contributed by atoms with E-state index in [-0.39, 0.29) is 5.78 Å². The van der Waals surface area contributed by atoms with E-state index in [0.717, 1.165) is 17.1 Å². The third-order valence-electron chi connectivity index (χ3n) is 3.54. The monoisotopic (exact) mass is 302 g/mol. The fourth-order valence-electron chi connectivity index (χ4n) is 2.37. The molecule has 1 N–H and O–H groups in total. The van der Waals surface area contributed by atoms with Gasteiger partial charge in [0.25, 0.3) is 0 Å². The third kappa shape index (κ3) is 3.01. The van der Waals surface area contributed by atoms with Gasteiger partial charge < -0.3 is 4.98 Å². The molecule has 0 saturated heterocycles. The van der Waals surface area contributed by atoms with Gasteiger partial charge >= 0.3 is 0 Å². The standard InChI is InChI=1S/C18H14N4O/c1-12-3-2-4-16(22-12)15(11-19)17(23)13-5-7-14(8-6-13)18-20-9-10-21-18/h2-10,15H,1H3,(H,20,21). The Balaban J connectivity index is 1.88. The summed E-state index contributed by atoms with van der Waals surface area (Å²) in [6, 6.07) is 14.4. The molecule has 2 aromatic heterocycles. The predicted octanol–water partition coefficient (Wildman–Crippen LogP) is 3.27. The van der Waals surface area contributed by atoms with Crippen LogP contribution in [-0.2, 0) is 0 Å². The number of carbonyl (C=O) groups excluding carboxylic acids is 1. The lowest BCUT2D eigenvalue weighted by atomic mass is 9.94. The van der Waals surface area contributed by atoms with Gasteiger partial charge in [0, 0.05) is 29.2 Å². The highest BCUT2D eigenvalue weighted by molar-refractivity contribution is 6.02. The van der Waals surface area contributed by atoms with E-state index in [9.17, 15) is 10.1 Å². The van der Waals surface area contributed by atoms with E-state index in [1.165, 1.54) is 0 Å². The molecule has 23 heavy (non-hydrogen) atoms. The molecule has 3 aromatic rings. The van der Waals surface area contributed by atoms with Gasteiger partial charge in [-0.05, 0) is 19.1 Å². The molecule has 0 aliphatic heterocycles. The quantitative estimate of drug-likeness (QED) is 0.750. The number of imidazole rings is 1. The number of aromatic nitrogens is 3. The van der Waals surface area contributed by atoms with Crippen LogP contribution in [0.2, 0.25) is 0 Å². The van der Waals surface area contributed by atoms with E-state index in [1.807, 2.05) is 25.1 Å². The number of aromatic amines is 1. The minimum atomic E-state index is -0.899. The van der Waals surface area contributed by atoms with E-state index in [0.29, 0.717) is 11.3 Å². The number of carbonyl (C=O) groups is 1. The zero-order valence-electron chi connectivity index (χ0n) is 12.5. The van der Waals surface area contributed by atoms with Crippen LogP contribution in [0, 0.1) is 18.3 Å². The number of hydrogen-bond acceptors (Lipinski definition) is 4. The van der Waals surface area contributed by atoms with E-state index < -0.39 is 5.92 Å². The Morgan fingerprint density at radius 2 is 2.00 bits per heavy atom. The summed E-state index contributed by atoms with van der Waals surface area (Å²) >= 11 is 0. The molecule has 3 rings (SSSR count). The van der Waals surface area contributed by atoms with Gasteiger partial charge in [-0.2, -0.15) is 5.26 Å². The van der Waals surface area contributed by atoms with Gasteiger partial charge in [0.1, 0.15) is 5.82 Å². The van der Waals surface area contributed by atoms with Crippen LogP contribution in [0.5, 0.6) is 0 Å². The van der Waals surface area contributed by atoms with Gasteiger partial charge in [-0.3, -0.25) is 9.78 Å². The van der Waals surface area contributed by atoms with E-state index in [1.54, 1.807) is 36.7 Å². The number of nitrogens with zero attached hydrogens (tertiary/aromatic N) is 3. The number of pyridine rings is 1. The molecule has 0 fully saturated rings. The van der Waals surface area contributed by atoms with Crippen molar-refractivity contribution >= 4 is 5.78 Å². The number of benzene rings is 1. The third-order valence-corrected chi connectivity index (χ3v) is 3.54. The number of hydrogen-bond donors (Lipinski definition) is 1. The Labute approximate surface area is 133 Å². The van der Waals surface area contributed by atoms with Crippen LogP contribution in [0.25, 0.3) is 11.4 Å². The van der Waals surface area contributed by atoms with Gasteiger partial charge in [0.2, 0.25) is 0 Å². The van der Waals surface area contributed by atoms with Crippen molar-refractivity contribution in [1.29, 1.82) is 5.26 Å². The molecule has 1 aromatic carbocycles. The van der Waals surface area contributed by atoms with Crippen LogP contribution in [0.4, 0.5) is 0 Å². The second-order valence-corrected chi connectivity index (χ2v) is 5.15. The van der Waals surface area contributed by atoms with Crippen LogP contribution >= 0.6 is 0 Å². The zero-order chi connectivity index (χ0) is 16.2. The van der Waals surface area contributed by atoms with Gasteiger partial charge in [0.05, 0.1) is 11.8 Å². The molecule has 112 valence electrons. The minimum Gasteiger partial charge on any atom is -0.345 e. The van der Waals surface area contributed by atoms with E-state index in [4.69, 9.17) is 0 Å². The molecule has 0 amide bonds. The van der Waals surface area contributed by atoms with Gasteiger partial charge in [-0.15, -0.1) is 0 Å². The number of rotatable bonds is 4. The predicted molar refractivity (Wildman–Crippen MR) is 85.7 cm³/mol. The Kier molecular flexibility index (Phi) is 3.98. The Morgan fingerprint density at radius 3 is 2.61 bits per heavy atom. The first-order valence-corrected chi connectivity index (χ1v) is 7.16. The number of nitriles is 1. The molecule has 0 radical (unpaired) electrons. The lowest BCUT2D eigenvalue weighted by molar-refractivity contribution is 0.0977. The molecule has 5 heteroatoms. The second-order valence-electron chi connectivity index (χ2n) is 5.15. The van der Waals surface area contributed by atoms with Crippen molar-refractivity contribution in [2.24, 2.45) is 0 Å². The van der Waals surface area contributed by atoms with Gasteiger partial charge in [0.15, 0.2) is 11.7 Å². The number of ketones is 1. The molecule has 0 saturated carbocycles. The van der Waals surface area contributed by atoms with Crippen molar-refractivity contribution in [1.82, 2.24) is 15.0 Å². The molecule has 1 atom stereocenters. The first-order valence-electron chi connectivity index (χ1n) is 7.16. The van der Waals surface area contributed by atoms with Crippen molar-refractivity contribution in [3.63, 3.8) is 0 Å². The number of H-pyrrole nitrogens is 1. The lowest BCUT2D eigenvalue weighted by Crippen LogP contribution is -2.13. The fraction of sp³-hybridized carbons (Fsp3) is 0.111. The maximum Gasteiger partial charge on any atom is 0.186 e. The summed E-state index contributed by atoms with van der Waals surface area (Å²) < 4.78 is 0. The van der Waals surface area contributed by atoms with Crippen LogP contribution in [0.3, 0.4) is 0 Å². The van der Waals surface area contributed by atoms with E-state index >= 15 is 0 Å². The average Bonchev–Trinajstić information content (AvgIpc) is 3.10. The summed E-state index contributed by atoms with van der Waals surface area (Å²) in [7, 11) is 0. The summed E-state index contributed by atoms with van der Waals surface area (Å²) in [6.45, 7) is 1.83. The molecule has 2 heterocycles. The highest BCUT2D eigenvalue weighted by Crippen LogP contribution is 2.21. The molecule has 0 aliphatic carbocycles. The average molecular weight is 302 g/mol. The first-order chi connectivity index (χ1) is 11.2. The lowest BCUT2D eigenvalue weighted by Gasteiger charge is -2.09. The highest BCUT2D eigenvalue weighted by Gasteiger charge is 2.23. The SMILES string of the molecule is Cc1cccc(C(C#N)C(=O)c2ccc(-c3ncc[nH]3)cc2)n1. The summed E-state index contributed by atoms with van der Waals surface area (Å²) in [5.41, 5.74) is 2.63. The molecule has 5 nitrogen and oxygen atoms in total. The van der Waals surface area contributed by atoms with Crippen LogP contribution in [0.1, 0.15) is 27.7 Å². The summed E-state index contributed by atoms with van der Waals surface area (Å²) in [4.78, 5) is 24.1. The van der Waals surface area contributed by atoms with Crippen molar-refractivity contribution in [3.8, 4) is 17.5 Å². The topological polar surface area (TPSA) is 82.4 Å². The van der Waals surface area contributed by atoms with Crippen LogP contribution in [0.15, 0.2) is 54.9 Å². The fourth-order valence-corrected chi connectivity index (χ4v) is 2.37. The van der Waals surface area contributed by atoms with Crippen molar-refractivity contribution in [2.45, 2.75) is 12.8 Å². The largest absolute Gasteiger partial charge is 0.345 e. The number of Topliss-reactive ketones (excluding diaryl/α,β-unsaturated/α-hetero) is 1. The first kappa shape index (κ1) is 14.7. The molecule has 0 spiro atoms.